The van der Waals surface area contributed by atoms with Gasteiger partial charge in [-0.05, 0) is 12.1 Å². The zero-order chi connectivity index (χ0) is 14.6. The Hall–Kier alpha value is -0.920. The molecule has 1 heterocycles. The van der Waals surface area contributed by atoms with Crippen molar-refractivity contribution in [2.45, 2.75) is 0 Å². The fraction of sp³-hybridized carbons (Fsp3) is 0.182. The summed E-state index contributed by atoms with van der Waals surface area (Å²) in [7, 11) is -1.64. The van der Waals surface area contributed by atoms with Gasteiger partial charge >= 0.3 is 0 Å². The van der Waals surface area contributed by atoms with E-state index in [-0.39, 0.29) is 0 Å². The number of aryl methyl sites for hydroxylation is 1. The molecule has 0 aliphatic rings. The number of fused-ring (bicyclic) bond motifs is 1. The van der Waals surface area contributed by atoms with E-state index >= 15 is 0 Å². The van der Waals surface area contributed by atoms with Gasteiger partial charge in [-0.25, -0.2) is 13.0 Å². The van der Waals surface area contributed by atoms with Crippen molar-refractivity contribution in [2.24, 2.45) is 7.05 Å². The van der Waals surface area contributed by atoms with Crippen molar-refractivity contribution in [3.8, 4) is 0 Å². The Morgan fingerprint density at radius 3 is 2.37 bits per heavy atom. The monoisotopic (exact) mass is 323 g/mol. The number of aromatic nitrogens is 1. The fourth-order valence-corrected chi connectivity index (χ4v) is 1.73. The lowest BCUT2D eigenvalue weighted by molar-refractivity contribution is -0.644. The molecule has 0 spiro atoms. The first-order valence-corrected chi connectivity index (χ1v) is 7.08. The van der Waals surface area contributed by atoms with E-state index in [0.29, 0.717) is 0 Å². The SMILES string of the molecule is COS(=O)(=O)[O-].C[n+]1ccc(Cl)c2ccc(Cl)cc21. The van der Waals surface area contributed by atoms with Crippen LogP contribution in [0.5, 0.6) is 0 Å². The van der Waals surface area contributed by atoms with Crippen LogP contribution in [0.4, 0.5) is 0 Å². The average molecular weight is 324 g/mol. The molecule has 0 atom stereocenters. The Kier molecular flexibility index (Phi) is 5.51. The quantitative estimate of drug-likeness (QED) is 0.457. The largest absolute Gasteiger partial charge is 0.726 e. The highest BCUT2D eigenvalue weighted by molar-refractivity contribution is 7.80. The number of halogens is 2. The summed E-state index contributed by atoms with van der Waals surface area (Å²) < 4.78 is 33.0. The maximum absolute atomic E-state index is 9.22. The molecule has 0 N–H and O–H groups in total. The van der Waals surface area contributed by atoms with Crippen LogP contribution in [0.15, 0.2) is 30.5 Å². The summed E-state index contributed by atoms with van der Waals surface area (Å²) in [5.74, 6) is 0. The number of rotatable bonds is 1. The lowest BCUT2D eigenvalue weighted by Gasteiger charge is -1.98. The lowest BCUT2D eigenvalue weighted by atomic mass is 10.2. The molecule has 0 aliphatic heterocycles. The van der Waals surface area contributed by atoms with E-state index < -0.39 is 10.4 Å². The average Bonchev–Trinajstić information content (AvgIpc) is 2.34. The van der Waals surface area contributed by atoms with Crippen molar-refractivity contribution in [1.82, 2.24) is 0 Å². The number of hydrogen-bond donors (Lipinski definition) is 0. The molecule has 0 amide bonds. The molecule has 104 valence electrons. The number of benzene rings is 1. The van der Waals surface area contributed by atoms with Crippen molar-refractivity contribution < 1.29 is 21.7 Å². The van der Waals surface area contributed by atoms with Crippen LogP contribution in [0.1, 0.15) is 0 Å². The van der Waals surface area contributed by atoms with Crippen LogP contribution in [0.25, 0.3) is 10.9 Å². The molecule has 19 heavy (non-hydrogen) atoms. The topological polar surface area (TPSA) is 70.3 Å². The first kappa shape index (κ1) is 16.1. The zero-order valence-corrected chi connectivity index (χ0v) is 12.5. The summed E-state index contributed by atoms with van der Waals surface area (Å²) in [6.07, 6.45) is 1.92. The summed E-state index contributed by atoms with van der Waals surface area (Å²) in [5, 5.41) is 2.51. The van der Waals surface area contributed by atoms with Crippen molar-refractivity contribution >= 4 is 44.5 Å². The van der Waals surface area contributed by atoms with Gasteiger partial charge in [0, 0.05) is 17.2 Å². The highest BCUT2D eigenvalue weighted by Gasteiger charge is 2.07. The van der Waals surface area contributed by atoms with Crippen molar-refractivity contribution in [1.29, 1.82) is 0 Å². The third kappa shape index (κ3) is 4.93. The standard InChI is InChI=1S/C10H8Cl2N.CH4O4S/c1-13-5-4-9(12)8-3-2-7(11)6-10(8)13;1-5-6(2,3)4/h2-6H,1H3;1H3,(H,2,3,4)/q+1;/p-1. The Morgan fingerprint density at radius 2 is 1.84 bits per heavy atom. The summed E-state index contributed by atoms with van der Waals surface area (Å²) >= 11 is 11.9. The molecule has 1 aromatic heterocycles. The van der Waals surface area contributed by atoms with Crippen LogP contribution < -0.4 is 4.57 Å². The first-order chi connectivity index (χ1) is 8.74. The molecule has 2 aromatic rings. The van der Waals surface area contributed by atoms with Gasteiger partial charge in [-0.1, -0.05) is 23.2 Å². The van der Waals surface area contributed by atoms with E-state index in [4.69, 9.17) is 23.2 Å². The van der Waals surface area contributed by atoms with E-state index in [9.17, 15) is 13.0 Å². The molecule has 5 nitrogen and oxygen atoms in total. The molecule has 0 saturated heterocycles. The molecule has 0 radical (unpaired) electrons. The molecule has 0 unspecified atom stereocenters. The van der Waals surface area contributed by atoms with Gasteiger partial charge < -0.3 is 4.55 Å². The molecule has 1 aromatic carbocycles. The number of pyridine rings is 1. The van der Waals surface area contributed by atoms with Gasteiger partial charge in [0.15, 0.2) is 6.20 Å². The number of hydrogen-bond acceptors (Lipinski definition) is 4. The zero-order valence-electron chi connectivity index (χ0n) is 10.1. The highest BCUT2D eigenvalue weighted by atomic mass is 35.5. The molecular weight excluding hydrogens is 313 g/mol. The van der Waals surface area contributed by atoms with Crippen molar-refractivity contribution in [3.05, 3.63) is 40.5 Å². The predicted octanol–water partition coefficient (Wildman–Crippen LogP) is 2.06. The fourth-order valence-electron chi connectivity index (χ4n) is 1.35. The van der Waals surface area contributed by atoms with E-state index in [1.807, 2.05) is 42.1 Å². The molecule has 0 bridgehead atoms. The normalized spacial score (nSPS) is 11.0. The molecule has 0 fully saturated rings. The van der Waals surface area contributed by atoms with E-state index in [1.54, 1.807) is 0 Å². The Labute approximate surface area is 121 Å². The smallest absolute Gasteiger partial charge is 0.217 e. The first-order valence-electron chi connectivity index (χ1n) is 4.99. The lowest BCUT2D eigenvalue weighted by Crippen LogP contribution is -2.27. The Balaban J connectivity index is 0.000000258. The van der Waals surface area contributed by atoms with Gasteiger partial charge in [-0.15, -0.1) is 0 Å². The van der Waals surface area contributed by atoms with E-state index in [1.165, 1.54) is 0 Å². The van der Waals surface area contributed by atoms with E-state index in [2.05, 4.69) is 4.18 Å². The molecule has 0 aliphatic carbocycles. The third-order valence-corrected chi connectivity index (χ3v) is 3.22. The second-order valence-electron chi connectivity index (χ2n) is 3.51. The summed E-state index contributed by atoms with van der Waals surface area (Å²) in [5.41, 5.74) is 1.04. The second-order valence-corrected chi connectivity index (χ2v) is 5.50. The van der Waals surface area contributed by atoms with Gasteiger partial charge in [-0.2, -0.15) is 0 Å². The molecule has 8 heteroatoms. The Bertz CT molecular complexity index is 688. The Morgan fingerprint density at radius 1 is 1.26 bits per heavy atom. The van der Waals surface area contributed by atoms with Crippen LogP contribution in [0, 0.1) is 0 Å². The number of nitrogens with zero attached hydrogens (tertiary/aromatic N) is 1. The van der Waals surface area contributed by atoms with Crippen LogP contribution in [-0.4, -0.2) is 20.1 Å². The third-order valence-electron chi connectivity index (χ3n) is 2.25. The van der Waals surface area contributed by atoms with Gasteiger partial charge in [0.05, 0.1) is 17.5 Å². The summed E-state index contributed by atoms with van der Waals surface area (Å²) in [6.45, 7) is 0. The van der Waals surface area contributed by atoms with Gasteiger partial charge in [0.25, 0.3) is 0 Å². The van der Waals surface area contributed by atoms with Crippen LogP contribution in [0.2, 0.25) is 10.0 Å². The minimum absolute atomic E-state index is 0.727. The molecular formula is C11H11Cl2NO4S. The highest BCUT2D eigenvalue weighted by Crippen LogP contribution is 2.22. The van der Waals surface area contributed by atoms with Gasteiger partial charge in [0.1, 0.15) is 7.05 Å². The van der Waals surface area contributed by atoms with Gasteiger partial charge in [0.2, 0.25) is 15.9 Å². The summed E-state index contributed by atoms with van der Waals surface area (Å²) in [4.78, 5) is 0. The van der Waals surface area contributed by atoms with Crippen molar-refractivity contribution in [3.63, 3.8) is 0 Å². The predicted molar refractivity (Wildman–Crippen MR) is 71.9 cm³/mol. The summed E-state index contributed by atoms with van der Waals surface area (Å²) in [6, 6.07) is 7.55. The maximum atomic E-state index is 9.22. The van der Waals surface area contributed by atoms with Crippen LogP contribution >= 0.6 is 23.2 Å². The minimum atomic E-state index is -4.41. The van der Waals surface area contributed by atoms with Crippen LogP contribution in [0.3, 0.4) is 0 Å². The maximum Gasteiger partial charge on any atom is 0.217 e. The van der Waals surface area contributed by atoms with Gasteiger partial charge in [-0.3, -0.25) is 4.18 Å². The molecule has 0 saturated carbocycles. The van der Waals surface area contributed by atoms with Crippen LogP contribution in [-0.2, 0) is 21.6 Å². The molecule has 2 rings (SSSR count). The van der Waals surface area contributed by atoms with E-state index in [0.717, 1.165) is 28.1 Å². The van der Waals surface area contributed by atoms with Crippen molar-refractivity contribution in [2.75, 3.05) is 7.11 Å². The minimum Gasteiger partial charge on any atom is -0.726 e. The second kappa shape index (κ2) is 6.49.